The van der Waals surface area contributed by atoms with E-state index in [1.54, 1.807) is 13.0 Å². The number of nitrogens with one attached hydrogen (secondary N) is 1. The molecule has 0 spiro atoms. The van der Waals surface area contributed by atoms with Crippen molar-refractivity contribution in [2.75, 3.05) is 0 Å². The number of aromatic nitrogens is 1. The first-order chi connectivity index (χ1) is 9.63. The summed E-state index contributed by atoms with van der Waals surface area (Å²) in [7, 11) is 0. The van der Waals surface area contributed by atoms with Gasteiger partial charge in [0.2, 0.25) is 5.76 Å². The van der Waals surface area contributed by atoms with Crippen LogP contribution in [0.1, 0.15) is 40.7 Å². The minimum Gasteiger partial charge on any atom is -0.351 e. The molecule has 1 atom stereocenters. The molecule has 1 fully saturated rings. The van der Waals surface area contributed by atoms with Gasteiger partial charge >= 0.3 is 0 Å². The van der Waals surface area contributed by atoms with Crippen LogP contribution >= 0.6 is 11.6 Å². The van der Waals surface area contributed by atoms with Crippen molar-refractivity contribution in [2.24, 2.45) is 5.92 Å². The molecule has 1 aliphatic rings. The van der Waals surface area contributed by atoms with Crippen LogP contribution in [0.15, 0.2) is 34.9 Å². The summed E-state index contributed by atoms with van der Waals surface area (Å²) >= 11 is 5.91. The SMILES string of the molecule is Cc1cc(C(=O)NC(c2ccc(Cl)cc2)C2CC2)on1. The van der Waals surface area contributed by atoms with Crippen LogP contribution in [-0.4, -0.2) is 11.1 Å². The quantitative estimate of drug-likeness (QED) is 0.937. The maximum atomic E-state index is 12.2. The van der Waals surface area contributed by atoms with Crippen molar-refractivity contribution in [2.45, 2.75) is 25.8 Å². The van der Waals surface area contributed by atoms with Gasteiger partial charge in [0.1, 0.15) is 0 Å². The molecule has 1 aromatic carbocycles. The lowest BCUT2D eigenvalue weighted by molar-refractivity contribution is 0.0894. The van der Waals surface area contributed by atoms with E-state index in [2.05, 4.69) is 10.5 Å². The summed E-state index contributed by atoms with van der Waals surface area (Å²) in [5, 5.41) is 7.46. The first-order valence-electron chi connectivity index (χ1n) is 6.63. The van der Waals surface area contributed by atoms with Gasteiger partial charge < -0.3 is 9.84 Å². The second-order valence-electron chi connectivity index (χ2n) is 5.17. The number of aryl methyl sites for hydroxylation is 1. The molecule has 0 radical (unpaired) electrons. The van der Waals surface area contributed by atoms with Gasteiger partial charge in [0.15, 0.2) is 0 Å². The molecule has 104 valence electrons. The summed E-state index contributed by atoms with van der Waals surface area (Å²) in [5.41, 5.74) is 1.77. The molecule has 1 aromatic heterocycles. The molecule has 5 heteroatoms. The number of carbonyl (C=O) groups excluding carboxylic acids is 1. The highest BCUT2D eigenvalue weighted by atomic mass is 35.5. The summed E-state index contributed by atoms with van der Waals surface area (Å²) in [5.74, 6) is 0.517. The van der Waals surface area contributed by atoms with E-state index in [0.717, 1.165) is 18.4 Å². The van der Waals surface area contributed by atoms with Crippen LogP contribution in [0.3, 0.4) is 0 Å². The van der Waals surface area contributed by atoms with E-state index >= 15 is 0 Å². The summed E-state index contributed by atoms with van der Waals surface area (Å²) in [6.45, 7) is 1.79. The molecule has 3 rings (SSSR count). The molecule has 1 amide bonds. The number of rotatable bonds is 4. The molecule has 1 unspecified atom stereocenters. The van der Waals surface area contributed by atoms with Crippen molar-refractivity contribution in [1.82, 2.24) is 10.5 Å². The first-order valence-corrected chi connectivity index (χ1v) is 7.01. The number of hydrogen-bond donors (Lipinski definition) is 1. The predicted octanol–water partition coefficient (Wildman–Crippen LogP) is 3.52. The molecule has 0 saturated heterocycles. The molecule has 1 saturated carbocycles. The van der Waals surface area contributed by atoms with Crippen molar-refractivity contribution >= 4 is 17.5 Å². The average Bonchev–Trinajstić information content (AvgIpc) is 3.18. The summed E-state index contributed by atoms with van der Waals surface area (Å²) < 4.78 is 5.00. The van der Waals surface area contributed by atoms with Crippen LogP contribution in [0.2, 0.25) is 5.02 Å². The van der Waals surface area contributed by atoms with Crippen LogP contribution in [0.4, 0.5) is 0 Å². The number of halogens is 1. The molecule has 1 aliphatic carbocycles. The second-order valence-corrected chi connectivity index (χ2v) is 5.61. The minimum absolute atomic E-state index is 0.00479. The Morgan fingerprint density at radius 2 is 2.10 bits per heavy atom. The van der Waals surface area contributed by atoms with Gasteiger partial charge in [-0.05, 0) is 43.4 Å². The van der Waals surface area contributed by atoms with E-state index in [-0.39, 0.29) is 17.7 Å². The van der Waals surface area contributed by atoms with Crippen molar-refractivity contribution in [3.8, 4) is 0 Å². The lowest BCUT2D eigenvalue weighted by Gasteiger charge is -2.18. The molecule has 0 bridgehead atoms. The smallest absolute Gasteiger partial charge is 0.290 e. The Morgan fingerprint density at radius 1 is 1.40 bits per heavy atom. The zero-order valence-corrected chi connectivity index (χ0v) is 11.9. The van der Waals surface area contributed by atoms with Gasteiger partial charge in [-0.25, -0.2) is 0 Å². The van der Waals surface area contributed by atoms with Crippen molar-refractivity contribution in [3.63, 3.8) is 0 Å². The van der Waals surface area contributed by atoms with Gasteiger partial charge in [0.25, 0.3) is 5.91 Å². The number of carbonyl (C=O) groups is 1. The highest BCUT2D eigenvalue weighted by Crippen LogP contribution is 2.41. The van der Waals surface area contributed by atoms with Crippen molar-refractivity contribution in [1.29, 1.82) is 0 Å². The fourth-order valence-corrected chi connectivity index (χ4v) is 2.38. The standard InChI is InChI=1S/C15H15ClN2O2/c1-9-8-13(20-18-9)15(19)17-14(10-2-3-10)11-4-6-12(16)7-5-11/h4-8,10,14H,2-3H2,1H3,(H,17,19). The Balaban J connectivity index is 1.78. The predicted molar refractivity (Wildman–Crippen MR) is 75.6 cm³/mol. The van der Waals surface area contributed by atoms with Crippen LogP contribution in [0.25, 0.3) is 0 Å². The van der Waals surface area contributed by atoms with Gasteiger partial charge in [-0.15, -0.1) is 0 Å². The van der Waals surface area contributed by atoms with Gasteiger partial charge in [-0.2, -0.15) is 0 Å². The van der Waals surface area contributed by atoms with E-state index in [1.807, 2.05) is 24.3 Å². The van der Waals surface area contributed by atoms with Crippen LogP contribution in [0.5, 0.6) is 0 Å². The van der Waals surface area contributed by atoms with E-state index in [1.165, 1.54) is 0 Å². The number of nitrogens with zero attached hydrogens (tertiary/aromatic N) is 1. The molecule has 20 heavy (non-hydrogen) atoms. The van der Waals surface area contributed by atoms with Crippen LogP contribution in [0, 0.1) is 12.8 Å². The third kappa shape index (κ3) is 2.85. The van der Waals surface area contributed by atoms with E-state index in [4.69, 9.17) is 16.1 Å². The highest BCUT2D eigenvalue weighted by molar-refractivity contribution is 6.30. The molecule has 1 heterocycles. The highest BCUT2D eigenvalue weighted by Gasteiger charge is 2.34. The Labute approximate surface area is 122 Å². The third-order valence-corrected chi connectivity index (χ3v) is 3.71. The molecule has 4 nitrogen and oxygen atoms in total. The normalized spacial score (nSPS) is 15.9. The Bertz CT molecular complexity index is 617. The topological polar surface area (TPSA) is 55.1 Å². The maximum absolute atomic E-state index is 12.2. The monoisotopic (exact) mass is 290 g/mol. The van der Waals surface area contributed by atoms with Gasteiger partial charge in [-0.3, -0.25) is 4.79 Å². The zero-order valence-electron chi connectivity index (χ0n) is 11.1. The van der Waals surface area contributed by atoms with E-state index < -0.39 is 0 Å². The number of benzene rings is 1. The largest absolute Gasteiger partial charge is 0.351 e. The van der Waals surface area contributed by atoms with Gasteiger partial charge in [0.05, 0.1) is 11.7 Å². The van der Waals surface area contributed by atoms with Gasteiger partial charge in [-0.1, -0.05) is 28.9 Å². The Kier molecular flexibility index (Phi) is 3.49. The Morgan fingerprint density at radius 3 is 2.65 bits per heavy atom. The zero-order chi connectivity index (χ0) is 14.1. The van der Waals surface area contributed by atoms with Crippen molar-refractivity contribution in [3.05, 3.63) is 52.4 Å². The number of amides is 1. The first kappa shape index (κ1) is 13.2. The lowest BCUT2D eigenvalue weighted by Crippen LogP contribution is -2.29. The summed E-state index contributed by atoms with van der Waals surface area (Å²) in [6.07, 6.45) is 2.26. The summed E-state index contributed by atoms with van der Waals surface area (Å²) in [6, 6.07) is 9.24. The maximum Gasteiger partial charge on any atom is 0.290 e. The molecule has 2 aromatic rings. The van der Waals surface area contributed by atoms with E-state index in [9.17, 15) is 4.79 Å². The van der Waals surface area contributed by atoms with Crippen LogP contribution in [-0.2, 0) is 0 Å². The summed E-state index contributed by atoms with van der Waals surface area (Å²) in [4.78, 5) is 12.2. The van der Waals surface area contributed by atoms with Gasteiger partial charge in [0, 0.05) is 11.1 Å². The fourth-order valence-electron chi connectivity index (χ4n) is 2.26. The Hall–Kier alpha value is -1.81. The molecular formula is C15H15ClN2O2. The molecule has 0 aliphatic heterocycles. The molecule has 1 N–H and O–H groups in total. The van der Waals surface area contributed by atoms with Crippen molar-refractivity contribution < 1.29 is 9.32 Å². The lowest BCUT2D eigenvalue weighted by atomic mass is 10.0. The molecular weight excluding hydrogens is 276 g/mol. The second kappa shape index (κ2) is 5.29. The average molecular weight is 291 g/mol. The van der Waals surface area contributed by atoms with Crippen LogP contribution < -0.4 is 5.32 Å². The third-order valence-electron chi connectivity index (χ3n) is 3.46. The fraction of sp³-hybridized carbons (Fsp3) is 0.333. The number of hydrogen-bond acceptors (Lipinski definition) is 3. The minimum atomic E-state index is -0.225. The van der Waals surface area contributed by atoms with E-state index in [0.29, 0.717) is 16.6 Å².